The minimum absolute atomic E-state index is 0.511. The minimum atomic E-state index is 0.511. The van der Waals surface area contributed by atoms with E-state index < -0.39 is 0 Å². The van der Waals surface area contributed by atoms with Gasteiger partial charge in [0.2, 0.25) is 17.8 Å². The van der Waals surface area contributed by atoms with Gasteiger partial charge < -0.3 is 9.13 Å². The van der Waals surface area contributed by atoms with E-state index in [9.17, 15) is 0 Å². The van der Waals surface area contributed by atoms with Crippen LogP contribution < -0.4 is 0 Å². The lowest BCUT2D eigenvalue weighted by atomic mass is 10.1. The van der Waals surface area contributed by atoms with Gasteiger partial charge in [-0.15, -0.1) is 0 Å². The van der Waals surface area contributed by atoms with E-state index >= 15 is 0 Å². The summed E-state index contributed by atoms with van der Waals surface area (Å²) in [5, 5.41) is 11.4. The second-order valence-corrected chi connectivity index (χ2v) is 18.4. The Balaban J connectivity index is 1.12. The molecule has 0 atom stereocenters. The maximum absolute atomic E-state index is 5.79. The third kappa shape index (κ3) is 5.19. The Morgan fingerprint density at radius 1 is 0.183 bits per heavy atom. The molecule has 6 aromatic heterocycles. The number of hydrogen-bond donors (Lipinski definition) is 0. The number of aromatic nitrogens is 8. The van der Waals surface area contributed by atoms with Crippen molar-refractivity contribution in [3.05, 3.63) is 231 Å². The smallest absolute Gasteiger partial charge is 0.241 e. The number of hydrogen-bond acceptors (Lipinski definition) is 3. The lowest BCUT2D eigenvalue weighted by Crippen LogP contribution is -2.13. The normalized spacial score (nSPS) is 12.2. The summed E-state index contributed by atoms with van der Waals surface area (Å²) in [5.41, 5.74) is 12.6. The lowest BCUT2D eigenvalue weighted by Gasteiger charge is -2.15. The zero-order valence-corrected chi connectivity index (χ0v) is 38.0. The first kappa shape index (κ1) is 38.2. The van der Waals surface area contributed by atoms with Crippen LogP contribution in [-0.4, -0.2) is 37.8 Å². The van der Waals surface area contributed by atoms with Gasteiger partial charge in [0.05, 0.1) is 55.2 Å². The lowest BCUT2D eigenvalue weighted by molar-refractivity contribution is 0.848. The Labute approximate surface area is 404 Å². The van der Waals surface area contributed by atoms with Crippen LogP contribution in [0.5, 0.6) is 0 Å². The van der Waals surface area contributed by atoms with Crippen LogP contribution in [0, 0.1) is 0 Å². The van der Waals surface area contributed by atoms with Crippen molar-refractivity contribution in [3.8, 4) is 29.2 Å². The van der Waals surface area contributed by atoms with Crippen molar-refractivity contribution >= 4 is 109 Å². The Bertz CT molecular complexity index is 4570. The fourth-order valence-corrected chi connectivity index (χ4v) is 11.9. The molecular formula is C63H38N8. The third-order valence-corrected chi connectivity index (χ3v) is 14.7. The van der Waals surface area contributed by atoms with E-state index in [-0.39, 0.29) is 0 Å². The van der Waals surface area contributed by atoms with E-state index in [1.807, 2.05) is 0 Å². The quantitative estimate of drug-likeness (QED) is 0.173. The summed E-state index contributed by atoms with van der Waals surface area (Å²) in [6.07, 6.45) is 0. The molecule has 0 saturated carbocycles. The van der Waals surface area contributed by atoms with E-state index in [2.05, 4.69) is 253 Å². The SMILES string of the molecule is c1ccc(-n2c3ccccc3c3ccc4c5ccccc5n(-c5nc(-n6c7ccccc7c7ccccc76)nc(-n6c7ccccc7c7ccc8c9ccccc9n(-c9ccccc9)c8c76)n5)c4c32)cc1. The van der Waals surface area contributed by atoms with E-state index in [1.165, 1.54) is 10.8 Å². The molecule has 0 radical (unpaired) electrons. The van der Waals surface area contributed by atoms with Gasteiger partial charge in [-0.1, -0.05) is 170 Å². The summed E-state index contributed by atoms with van der Waals surface area (Å²) < 4.78 is 11.6. The average Bonchev–Trinajstić information content (AvgIpc) is 4.23. The Morgan fingerprint density at radius 3 is 0.732 bits per heavy atom. The fourth-order valence-electron chi connectivity index (χ4n) is 11.9. The van der Waals surface area contributed by atoms with Crippen molar-refractivity contribution in [3.63, 3.8) is 0 Å². The summed E-state index contributed by atoms with van der Waals surface area (Å²) >= 11 is 0. The van der Waals surface area contributed by atoms with Crippen molar-refractivity contribution in [1.82, 2.24) is 37.8 Å². The maximum Gasteiger partial charge on any atom is 0.241 e. The molecule has 0 aliphatic rings. The summed E-state index contributed by atoms with van der Waals surface area (Å²) in [6, 6.07) is 82.4. The van der Waals surface area contributed by atoms with Gasteiger partial charge >= 0.3 is 0 Å². The van der Waals surface area contributed by atoms with Gasteiger partial charge in [0, 0.05) is 65.2 Å². The van der Waals surface area contributed by atoms with Crippen LogP contribution in [0.2, 0.25) is 0 Å². The zero-order chi connectivity index (χ0) is 46.3. The highest BCUT2D eigenvalue weighted by Gasteiger charge is 2.27. The second kappa shape index (κ2) is 14.4. The highest BCUT2D eigenvalue weighted by Crippen LogP contribution is 2.44. The molecule has 0 saturated heterocycles. The van der Waals surface area contributed by atoms with Gasteiger partial charge in [0.1, 0.15) is 0 Å². The second-order valence-electron chi connectivity index (χ2n) is 18.4. The highest BCUT2D eigenvalue weighted by atomic mass is 15.3. The van der Waals surface area contributed by atoms with Crippen LogP contribution in [0.25, 0.3) is 138 Å². The number of rotatable bonds is 5. The van der Waals surface area contributed by atoms with Crippen molar-refractivity contribution in [1.29, 1.82) is 0 Å². The Kier molecular flexibility index (Phi) is 7.73. The van der Waals surface area contributed by atoms with Crippen LogP contribution in [0.15, 0.2) is 231 Å². The largest absolute Gasteiger partial charge is 0.307 e. The molecule has 0 aliphatic heterocycles. The minimum Gasteiger partial charge on any atom is -0.307 e. The fraction of sp³-hybridized carbons (Fsp3) is 0. The Morgan fingerprint density at radius 2 is 0.408 bits per heavy atom. The van der Waals surface area contributed by atoms with E-state index in [0.717, 1.165) is 110 Å². The van der Waals surface area contributed by atoms with Gasteiger partial charge in [-0.2, -0.15) is 15.0 Å². The molecule has 10 aromatic carbocycles. The van der Waals surface area contributed by atoms with E-state index in [4.69, 9.17) is 15.0 Å². The predicted octanol–water partition coefficient (Wildman–Crippen LogP) is 15.4. The molecule has 8 heteroatoms. The van der Waals surface area contributed by atoms with Crippen LogP contribution >= 0.6 is 0 Å². The molecule has 8 nitrogen and oxygen atoms in total. The zero-order valence-electron chi connectivity index (χ0n) is 38.0. The number of benzene rings is 10. The van der Waals surface area contributed by atoms with E-state index in [1.54, 1.807) is 0 Å². The molecule has 330 valence electrons. The summed E-state index contributed by atoms with van der Waals surface area (Å²) in [4.78, 5) is 17.2. The van der Waals surface area contributed by atoms with Gasteiger partial charge in [-0.25, -0.2) is 0 Å². The van der Waals surface area contributed by atoms with Crippen molar-refractivity contribution in [2.75, 3.05) is 0 Å². The highest BCUT2D eigenvalue weighted by molar-refractivity contribution is 6.25. The third-order valence-electron chi connectivity index (χ3n) is 14.7. The number of nitrogens with zero attached hydrogens (tertiary/aromatic N) is 8. The molecule has 16 rings (SSSR count). The van der Waals surface area contributed by atoms with Crippen LogP contribution in [0.4, 0.5) is 0 Å². The Hall–Kier alpha value is -9.79. The van der Waals surface area contributed by atoms with Crippen LogP contribution in [0.3, 0.4) is 0 Å². The molecule has 0 N–H and O–H groups in total. The molecule has 0 amide bonds. The summed E-state index contributed by atoms with van der Waals surface area (Å²) in [5.74, 6) is 1.54. The predicted molar refractivity (Wildman–Crippen MR) is 292 cm³/mol. The van der Waals surface area contributed by atoms with Gasteiger partial charge in [0.15, 0.2) is 0 Å². The molecule has 0 unspecified atom stereocenters. The molecule has 0 spiro atoms. The molecule has 71 heavy (non-hydrogen) atoms. The summed E-state index contributed by atoms with van der Waals surface area (Å²) in [7, 11) is 0. The molecular weight excluding hydrogens is 869 g/mol. The topological polar surface area (TPSA) is 63.3 Å². The number of para-hydroxylation sites is 8. The van der Waals surface area contributed by atoms with Crippen LogP contribution in [-0.2, 0) is 0 Å². The van der Waals surface area contributed by atoms with Crippen molar-refractivity contribution in [2.24, 2.45) is 0 Å². The van der Waals surface area contributed by atoms with Crippen molar-refractivity contribution in [2.45, 2.75) is 0 Å². The van der Waals surface area contributed by atoms with Gasteiger partial charge in [-0.05, 0) is 60.7 Å². The molecule has 0 bridgehead atoms. The molecule has 0 fully saturated rings. The summed E-state index contributed by atoms with van der Waals surface area (Å²) in [6.45, 7) is 0. The average molecular weight is 907 g/mol. The maximum atomic E-state index is 5.79. The van der Waals surface area contributed by atoms with Crippen LogP contribution in [0.1, 0.15) is 0 Å². The first-order valence-electron chi connectivity index (χ1n) is 24.1. The molecule has 0 aliphatic carbocycles. The van der Waals surface area contributed by atoms with Gasteiger partial charge in [-0.3, -0.25) is 13.7 Å². The standard InChI is InChI=1S/C63H38N8/c1-3-19-39(20-4-1)67-51-29-13-9-25-43(51)47-35-37-49-45-27-11-17-33-55(45)70(59(49)57(47)67)62-64-61(69-53-31-15-7-23-41(53)42-24-8-16-32-54(42)69)65-63(66-62)71-56-34-18-12-28-46(56)50-38-36-48-44-26-10-14-30-52(44)68(58(48)60(50)71)40-21-5-2-6-22-40/h1-38H. The van der Waals surface area contributed by atoms with Crippen molar-refractivity contribution < 1.29 is 0 Å². The van der Waals surface area contributed by atoms with E-state index in [0.29, 0.717) is 17.8 Å². The number of fused-ring (bicyclic) bond motifs is 17. The monoisotopic (exact) mass is 906 g/mol. The first-order chi connectivity index (χ1) is 35.3. The van der Waals surface area contributed by atoms with Gasteiger partial charge in [0.25, 0.3) is 0 Å². The molecule has 16 aromatic rings. The first-order valence-corrected chi connectivity index (χ1v) is 24.1. The molecule has 6 heterocycles.